The minimum atomic E-state index is -0.0725. The topological polar surface area (TPSA) is 60.1 Å². The maximum Gasteiger partial charge on any atom is 0.330 e. The second kappa shape index (κ2) is 6.44. The first-order valence-corrected chi connectivity index (χ1v) is 8.90. The molecule has 1 aliphatic heterocycles. The van der Waals surface area contributed by atoms with Crippen molar-refractivity contribution in [3.8, 4) is 0 Å². The molecule has 0 aliphatic carbocycles. The Morgan fingerprint density at radius 3 is 2.92 bits per heavy atom. The molecule has 6 nitrogen and oxygen atoms in total. The summed E-state index contributed by atoms with van der Waals surface area (Å²) < 4.78 is 3.37. The first kappa shape index (κ1) is 16.6. The normalized spacial score (nSPS) is 17.2. The molecular weight excluding hydrogens is 328 g/mol. The van der Waals surface area contributed by atoms with Gasteiger partial charge in [-0.25, -0.2) is 9.78 Å². The molecule has 0 radical (unpaired) electrons. The number of fused-ring (bicyclic) bond motifs is 1. The predicted octanol–water partition coefficient (Wildman–Crippen LogP) is 2.06. The third kappa shape index (κ3) is 2.81. The number of aromatic nitrogens is 3. The van der Waals surface area contributed by atoms with Crippen LogP contribution in [0.1, 0.15) is 23.6 Å². The van der Waals surface area contributed by atoms with E-state index in [4.69, 9.17) is 0 Å². The Hall–Kier alpha value is -2.89. The fourth-order valence-electron chi connectivity index (χ4n) is 3.81. The molecule has 4 rings (SSSR count). The summed E-state index contributed by atoms with van der Waals surface area (Å²) in [5.41, 5.74) is 3.63. The fourth-order valence-corrected chi connectivity index (χ4v) is 3.81. The third-order valence-corrected chi connectivity index (χ3v) is 5.17. The van der Waals surface area contributed by atoms with Gasteiger partial charge >= 0.3 is 5.69 Å². The summed E-state index contributed by atoms with van der Waals surface area (Å²) >= 11 is 0. The number of benzene rings is 1. The molecule has 1 amide bonds. The zero-order chi connectivity index (χ0) is 18.3. The highest BCUT2D eigenvalue weighted by Gasteiger charge is 2.30. The standard InChI is InChI=1S/C20H22N4O2/c1-14-5-3-6-15(11-14)12-18(25)23-10-8-16(13-23)24-19-17(7-4-9-21-19)22(2)20(24)26/h3-7,9,11,16H,8,10,12-13H2,1-2H3/t16-/m1/s1. The van der Waals surface area contributed by atoms with Crippen molar-refractivity contribution in [2.45, 2.75) is 25.8 Å². The molecule has 0 N–H and O–H groups in total. The van der Waals surface area contributed by atoms with Crippen LogP contribution in [0.25, 0.3) is 11.2 Å². The Morgan fingerprint density at radius 1 is 1.27 bits per heavy atom. The van der Waals surface area contributed by atoms with E-state index < -0.39 is 0 Å². The van der Waals surface area contributed by atoms with Crippen LogP contribution in [0.3, 0.4) is 0 Å². The van der Waals surface area contributed by atoms with Gasteiger partial charge in [0.25, 0.3) is 0 Å². The van der Waals surface area contributed by atoms with Gasteiger partial charge < -0.3 is 4.90 Å². The van der Waals surface area contributed by atoms with Crippen LogP contribution < -0.4 is 5.69 Å². The van der Waals surface area contributed by atoms with Gasteiger partial charge in [0.2, 0.25) is 5.91 Å². The molecule has 26 heavy (non-hydrogen) atoms. The highest BCUT2D eigenvalue weighted by atomic mass is 16.2. The Bertz CT molecular complexity index is 1030. The van der Waals surface area contributed by atoms with Crippen molar-refractivity contribution in [3.05, 3.63) is 64.2 Å². The largest absolute Gasteiger partial charge is 0.340 e. The maximum absolute atomic E-state index is 12.7. The number of imidazole rings is 1. The van der Waals surface area contributed by atoms with Gasteiger partial charge in [-0.2, -0.15) is 0 Å². The minimum absolute atomic E-state index is 0.0254. The van der Waals surface area contributed by atoms with Crippen LogP contribution in [0, 0.1) is 6.92 Å². The number of carbonyl (C=O) groups excluding carboxylic acids is 1. The summed E-state index contributed by atoms with van der Waals surface area (Å²) in [4.78, 5) is 31.6. The highest BCUT2D eigenvalue weighted by Crippen LogP contribution is 2.24. The summed E-state index contributed by atoms with van der Waals surface area (Å²) in [5.74, 6) is 0.111. The van der Waals surface area contributed by atoms with Crippen molar-refractivity contribution in [1.82, 2.24) is 19.0 Å². The van der Waals surface area contributed by atoms with Crippen LogP contribution in [0.4, 0.5) is 0 Å². The van der Waals surface area contributed by atoms with Gasteiger partial charge in [0.1, 0.15) is 0 Å². The molecule has 2 aromatic heterocycles. The van der Waals surface area contributed by atoms with E-state index in [1.807, 2.05) is 48.2 Å². The number of aryl methyl sites for hydroxylation is 2. The van der Waals surface area contributed by atoms with Gasteiger partial charge in [-0.05, 0) is 31.0 Å². The van der Waals surface area contributed by atoms with Crippen LogP contribution in [0.5, 0.6) is 0 Å². The van der Waals surface area contributed by atoms with E-state index >= 15 is 0 Å². The molecule has 134 valence electrons. The molecule has 0 spiro atoms. The second-order valence-electron chi connectivity index (χ2n) is 7.01. The number of hydrogen-bond donors (Lipinski definition) is 0. The lowest BCUT2D eigenvalue weighted by Crippen LogP contribution is -2.32. The van der Waals surface area contributed by atoms with E-state index in [2.05, 4.69) is 4.98 Å². The quantitative estimate of drug-likeness (QED) is 0.726. The molecule has 1 fully saturated rings. The number of nitrogens with zero attached hydrogens (tertiary/aromatic N) is 4. The van der Waals surface area contributed by atoms with Gasteiger partial charge in [-0.15, -0.1) is 0 Å². The number of rotatable bonds is 3. The highest BCUT2D eigenvalue weighted by molar-refractivity contribution is 5.79. The van der Waals surface area contributed by atoms with E-state index in [1.165, 1.54) is 0 Å². The average Bonchev–Trinajstić information content (AvgIpc) is 3.20. The molecule has 1 aromatic carbocycles. The lowest BCUT2D eigenvalue weighted by atomic mass is 10.1. The van der Waals surface area contributed by atoms with E-state index in [9.17, 15) is 9.59 Å². The van der Waals surface area contributed by atoms with Crippen LogP contribution in [0.15, 0.2) is 47.4 Å². The molecule has 1 atom stereocenters. The Morgan fingerprint density at radius 2 is 2.12 bits per heavy atom. The van der Waals surface area contributed by atoms with Crippen molar-refractivity contribution in [1.29, 1.82) is 0 Å². The summed E-state index contributed by atoms with van der Waals surface area (Å²) in [6.07, 6.45) is 2.88. The van der Waals surface area contributed by atoms with Crippen LogP contribution >= 0.6 is 0 Å². The van der Waals surface area contributed by atoms with E-state index in [1.54, 1.807) is 22.4 Å². The molecule has 1 saturated heterocycles. The van der Waals surface area contributed by atoms with Gasteiger partial charge in [0.05, 0.1) is 18.0 Å². The molecule has 1 aliphatic rings. The molecule has 6 heteroatoms. The predicted molar refractivity (Wildman–Crippen MR) is 100 cm³/mol. The zero-order valence-electron chi connectivity index (χ0n) is 15.1. The van der Waals surface area contributed by atoms with Gasteiger partial charge in [0.15, 0.2) is 5.65 Å². The minimum Gasteiger partial charge on any atom is -0.340 e. The van der Waals surface area contributed by atoms with Crippen LogP contribution in [0.2, 0.25) is 0 Å². The van der Waals surface area contributed by atoms with Crippen LogP contribution in [-0.2, 0) is 18.3 Å². The molecule has 3 heterocycles. The first-order chi connectivity index (χ1) is 12.5. The zero-order valence-corrected chi connectivity index (χ0v) is 15.1. The number of carbonyl (C=O) groups is 1. The summed E-state index contributed by atoms with van der Waals surface area (Å²) in [7, 11) is 1.76. The second-order valence-corrected chi connectivity index (χ2v) is 7.01. The Labute approximate surface area is 151 Å². The number of amides is 1. The smallest absolute Gasteiger partial charge is 0.330 e. The lowest BCUT2D eigenvalue weighted by molar-refractivity contribution is -0.129. The van der Waals surface area contributed by atoms with Gasteiger partial charge in [0, 0.05) is 26.3 Å². The van der Waals surface area contributed by atoms with Crippen molar-refractivity contribution in [2.75, 3.05) is 13.1 Å². The summed E-state index contributed by atoms with van der Waals surface area (Å²) in [5, 5.41) is 0. The lowest BCUT2D eigenvalue weighted by Gasteiger charge is -2.17. The van der Waals surface area contributed by atoms with E-state index in [0.29, 0.717) is 25.2 Å². The van der Waals surface area contributed by atoms with Crippen LogP contribution in [-0.4, -0.2) is 38.0 Å². The first-order valence-electron chi connectivity index (χ1n) is 8.90. The third-order valence-electron chi connectivity index (χ3n) is 5.17. The monoisotopic (exact) mass is 350 g/mol. The van der Waals surface area contributed by atoms with E-state index in [0.717, 1.165) is 23.1 Å². The van der Waals surface area contributed by atoms with Crippen molar-refractivity contribution in [3.63, 3.8) is 0 Å². The summed E-state index contributed by atoms with van der Waals surface area (Å²) in [6.45, 7) is 3.25. The molecular formula is C20H22N4O2. The Kier molecular flexibility index (Phi) is 4.11. The molecule has 0 unspecified atom stereocenters. The molecule has 0 saturated carbocycles. The van der Waals surface area contributed by atoms with Crippen molar-refractivity contribution < 1.29 is 4.79 Å². The van der Waals surface area contributed by atoms with Gasteiger partial charge in [-0.1, -0.05) is 29.8 Å². The summed E-state index contributed by atoms with van der Waals surface area (Å²) in [6, 6.07) is 11.7. The maximum atomic E-state index is 12.7. The number of likely N-dealkylation sites (tertiary alicyclic amines) is 1. The Balaban J connectivity index is 1.55. The molecule has 3 aromatic rings. The van der Waals surface area contributed by atoms with Gasteiger partial charge in [-0.3, -0.25) is 13.9 Å². The van der Waals surface area contributed by atoms with Crippen molar-refractivity contribution in [2.24, 2.45) is 7.05 Å². The van der Waals surface area contributed by atoms with E-state index in [-0.39, 0.29) is 17.6 Å². The number of hydrogen-bond acceptors (Lipinski definition) is 3. The molecule has 0 bridgehead atoms. The SMILES string of the molecule is Cc1cccc(CC(=O)N2CC[C@@H](n3c(=O)n(C)c4cccnc43)C2)c1. The van der Waals surface area contributed by atoms with Crippen molar-refractivity contribution >= 4 is 17.1 Å². The fraction of sp³-hybridized carbons (Fsp3) is 0.350. The number of pyridine rings is 1. The average molecular weight is 350 g/mol.